The van der Waals surface area contributed by atoms with E-state index in [-0.39, 0.29) is 5.75 Å². The van der Waals surface area contributed by atoms with Gasteiger partial charge in [-0.05, 0) is 39.3 Å². The van der Waals surface area contributed by atoms with Crippen LogP contribution in [-0.4, -0.2) is 49.4 Å². The molecular weight excluding hydrogens is 330 g/mol. The smallest absolute Gasteiger partial charge is 0.194 e. The summed E-state index contributed by atoms with van der Waals surface area (Å²) >= 11 is 1.79. The molecule has 23 heavy (non-hydrogen) atoms. The Hall–Kier alpha value is -1.08. The lowest BCUT2D eigenvalue weighted by molar-refractivity contribution is 0.353. The number of nitrogens with one attached hydrogen (secondary N) is 1. The summed E-state index contributed by atoms with van der Waals surface area (Å²) < 4.78 is 23.6. The molecule has 1 aliphatic heterocycles. The highest BCUT2D eigenvalue weighted by Gasteiger charge is 2.40. The predicted octanol–water partition coefficient (Wildman–Crippen LogP) is 2.29. The van der Waals surface area contributed by atoms with Gasteiger partial charge in [0.15, 0.2) is 15.8 Å². The van der Waals surface area contributed by atoms with Crippen molar-refractivity contribution in [1.82, 2.24) is 10.2 Å². The molecule has 130 valence electrons. The Balaban J connectivity index is 2.13. The summed E-state index contributed by atoms with van der Waals surface area (Å²) in [5.41, 5.74) is 0. The van der Waals surface area contributed by atoms with Gasteiger partial charge in [0.2, 0.25) is 0 Å². The summed E-state index contributed by atoms with van der Waals surface area (Å²) in [6.07, 6.45) is 1.05. The van der Waals surface area contributed by atoms with Crippen molar-refractivity contribution in [2.75, 3.05) is 25.4 Å². The second-order valence-corrected chi connectivity index (χ2v) is 10.4. The van der Waals surface area contributed by atoms with Gasteiger partial charge in [-0.25, -0.2) is 13.4 Å². The number of aliphatic imine (C=N–C) groups is 1. The van der Waals surface area contributed by atoms with Crippen molar-refractivity contribution < 1.29 is 8.42 Å². The zero-order chi connectivity index (χ0) is 17.1. The van der Waals surface area contributed by atoms with Crippen molar-refractivity contribution in [3.63, 3.8) is 0 Å². The highest BCUT2D eigenvalue weighted by atomic mass is 32.2. The molecule has 0 bridgehead atoms. The van der Waals surface area contributed by atoms with Crippen molar-refractivity contribution in [2.45, 2.75) is 45.4 Å². The second kappa shape index (κ2) is 7.21. The minimum absolute atomic E-state index is 0.184. The summed E-state index contributed by atoms with van der Waals surface area (Å²) in [6, 6.07) is 4.28. The van der Waals surface area contributed by atoms with Crippen LogP contribution >= 0.6 is 11.3 Å². The molecule has 0 atom stereocenters. The van der Waals surface area contributed by atoms with E-state index in [4.69, 9.17) is 4.99 Å². The van der Waals surface area contributed by atoms with E-state index in [1.54, 1.807) is 25.2 Å². The number of hydrogen-bond acceptors (Lipinski definition) is 4. The fraction of sp³-hybridized carbons (Fsp3) is 0.688. The molecule has 1 aromatic rings. The summed E-state index contributed by atoms with van der Waals surface area (Å²) in [5.74, 6) is 0.991. The van der Waals surface area contributed by atoms with E-state index in [9.17, 15) is 8.42 Å². The monoisotopic (exact) mass is 357 g/mol. The number of hydrogen-bond donors (Lipinski definition) is 1. The average molecular weight is 358 g/mol. The van der Waals surface area contributed by atoms with Gasteiger partial charge in [0, 0.05) is 29.4 Å². The van der Waals surface area contributed by atoms with Crippen LogP contribution in [0, 0.1) is 0 Å². The third-order valence-electron chi connectivity index (χ3n) is 4.13. The Kier molecular flexibility index (Phi) is 5.73. The van der Waals surface area contributed by atoms with E-state index in [1.165, 1.54) is 9.75 Å². The lowest BCUT2D eigenvalue weighted by atomic mass is 10.2. The number of aryl methyl sites for hydroxylation is 1. The van der Waals surface area contributed by atoms with Crippen LogP contribution in [0.3, 0.4) is 0 Å². The first kappa shape index (κ1) is 18.3. The molecule has 5 nitrogen and oxygen atoms in total. The number of sulfone groups is 1. The quantitative estimate of drug-likeness (QED) is 0.663. The molecule has 7 heteroatoms. The van der Waals surface area contributed by atoms with Gasteiger partial charge in [-0.2, -0.15) is 0 Å². The zero-order valence-electron chi connectivity index (χ0n) is 14.4. The molecule has 0 unspecified atom stereocenters. The third-order valence-corrected chi connectivity index (χ3v) is 7.88. The Bertz CT molecular complexity index is 663. The standard InChI is InChI=1S/C16H27N3O2S2/c1-5-13-7-8-14(22-13)11-18-15(17-6-2)19-9-10-23(20,21)16(3,4)12-19/h7-8H,5-6,9-12H2,1-4H3,(H,17,18). The van der Waals surface area contributed by atoms with Crippen LogP contribution in [-0.2, 0) is 22.8 Å². The fourth-order valence-electron chi connectivity index (χ4n) is 2.60. The highest BCUT2D eigenvalue weighted by Crippen LogP contribution is 2.24. The normalized spacial score (nSPS) is 20.5. The highest BCUT2D eigenvalue weighted by molar-refractivity contribution is 7.92. The maximum Gasteiger partial charge on any atom is 0.194 e. The molecular formula is C16H27N3O2S2. The van der Waals surface area contributed by atoms with E-state index in [1.807, 2.05) is 6.92 Å². The Morgan fingerprint density at radius 1 is 1.35 bits per heavy atom. The minimum atomic E-state index is -3.03. The van der Waals surface area contributed by atoms with Crippen molar-refractivity contribution in [1.29, 1.82) is 0 Å². The van der Waals surface area contributed by atoms with E-state index < -0.39 is 14.6 Å². The number of guanidine groups is 1. The number of nitrogens with zero attached hydrogens (tertiary/aromatic N) is 2. The Labute approximate surface area is 143 Å². The number of rotatable bonds is 4. The molecule has 0 aliphatic carbocycles. The van der Waals surface area contributed by atoms with Crippen molar-refractivity contribution in [3.8, 4) is 0 Å². The van der Waals surface area contributed by atoms with Gasteiger partial charge in [0.25, 0.3) is 0 Å². The molecule has 2 rings (SSSR count). The average Bonchev–Trinajstić information content (AvgIpc) is 2.94. The third kappa shape index (κ3) is 4.26. The fourth-order valence-corrected chi connectivity index (χ4v) is 4.85. The van der Waals surface area contributed by atoms with E-state index >= 15 is 0 Å². The van der Waals surface area contributed by atoms with Gasteiger partial charge < -0.3 is 10.2 Å². The molecule has 2 heterocycles. The maximum absolute atomic E-state index is 12.2. The number of thiophene rings is 1. The van der Waals surface area contributed by atoms with Crippen molar-refractivity contribution in [2.24, 2.45) is 4.99 Å². The van der Waals surface area contributed by atoms with Crippen LogP contribution in [0.4, 0.5) is 0 Å². The summed E-state index contributed by atoms with van der Waals surface area (Å²) in [5, 5.41) is 3.29. The lowest BCUT2D eigenvalue weighted by Gasteiger charge is -2.39. The predicted molar refractivity (Wildman–Crippen MR) is 98.0 cm³/mol. The SMILES string of the molecule is CCNC(=NCc1ccc(CC)s1)N1CCS(=O)(=O)C(C)(C)C1. The molecule has 1 N–H and O–H groups in total. The van der Waals surface area contributed by atoms with Crippen LogP contribution in [0.1, 0.15) is 37.4 Å². The van der Waals surface area contributed by atoms with Gasteiger partial charge in [-0.1, -0.05) is 6.92 Å². The van der Waals surface area contributed by atoms with Gasteiger partial charge in [-0.15, -0.1) is 11.3 Å². The van der Waals surface area contributed by atoms with E-state index in [2.05, 4.69) is 29.3 Å². The van der Waals surface area contributed by atoms with Crippen LogP contribution in [0.2, 0.25) is 0 Å². The molecule has 1 aromatic heterocycles. The van der Waals surface area contributed by atoms with E-state index in [0.29, 0.717) is 19.6 Å². The zero-order valence-corrected chi connectivity index (χ0v) is 16.1. The summed E-state index contributed by atoms with van der Waals surface area (Å²) in [4.78, 5) is 9.39. The summed E-state index contributed by atoms with van der Waals surface area (Å²) in [6.45, 7) is 10.2. The molecule has 0 saturated carbocycles. The molecule has 1 aliphatic rings. The minimum Gasteiger partial charge on any atom is -0.357 e. The van der Waals surface area contributed by atoms with Gasteiger partial charge >= 0.3 is 0 Å². The maximum atomic E-state index is 12.2. The summed E-state index contributed by atoms with van der Waals surface area (Å²) in [7, 11) is -3.03. The first-order chi connectivity index (χ1) is 10.8. The van der Waals surface area contributed by atoms with Crippen LogP contribution in [0.15, 0.2) is 17.1 Å². The van der Waals surface area contributed by atoms with Gasteiger partial charge in [0.1, 0.15) is 0 Å². The molecule has 1 fully saturated rings. The molecule has 0 radical (unpaired) electrons. The molecule has 0 spiro atoms. The van der Waals surface area contributed by atoms with Gasteiger partial charge in [-0.3, -0.25) is 0 Å². The Morgan fingerprint density at radius 2 is 2.04 bits per heavy atom. The Morgan fingerprint density at radius 3 is 2.61 bits per heavy atom. The van der Waals surface area contributed by atoms with E-state index in [0.717, 1.165) is 18.9 Å². The largest absolute Gasteiger partial charge is 0.357 e. The molecule has 1 saturated heterocycles. The van der Waals surface area contributed by atoms with Crippen LogP contribution in [0.25, 0.3) is 0 Å². The first-order valence-electron chi connectivity index (χ1n) is 8.12. The second-order valence-electron chi connectivity index (χ2n) is 6.39. The van der Waals surface area contributed by atoms with Crippen LogP contribution in [0.5, 0.6) is 0 Å². The van der Waals surface area contributed by atoms with Gasteiger partial charge in [0.05, 0.1) is 17.0 Å². The van der Waals surface area contributed by atoms with Crippen molar-refractivity contribution >= 4 is 27.1 Å². The lowest BCUT2D eigenvalue weighted by Crippen LogP contribution is -2.57. The molecule has 0 aromatic carbocycles. The topological polar surface area (TPSA) is 61.8 Å². The molecule has 0 amide bonds. The van der Waals surface area contributed by atoms with Crippen LogP contribution < -0.4 is 5.32 Å². The first-order valence-corrected chi connectivity index (χ1v) is 10.6. The van der Waals surface area contributed by atoms with Crippen molar-refractivity contribution in [3.05, 3.63) is 21.9 Å².